The first-order valence-electron chi connectivity index (χ1n) is 9.37. The molecule has 156 valence electrons. The second-order valence-corrected chi connectivity index (χ2v) is 8.38. The van der Waals surface area contributed by atoms with E-state index in [1.165, 1.54) is 5.56 Å². The van der Waals surface area contributed by atoms with Crippen molar-refractivity contribution in [2.75, 3.05) is 19.8 Å². The van der Waals surface area contributed by atoms with Gasteiger partial charge in [-0.05, 0) is 22.3 Å². The Bertz CT molecular complexity index is 812. The third-order valence-corrected chi connectivity index (χ3v) is 5.40. The van der Waals surface area contributed by atoms with Crippen LogP contribution in [0.1, 0.15) is 17.2 Å². The molecule has 0 spiro atoms. The van der Waals surface area contributed by atoms with Gasteiger partial charge in [-0.15, -0.1) is 0 Å². The van der Waals surface area contributed by atoms with E-state index in [1.807, 2.05) is 24.3 Å². The molecule has 1 heterocycles. The molecule has 0 aromatic heterocycles. The Labute approximate surface area is 179 Å². The minimum absolute atomic E-state index is 0.291. The van der Waals surface area contributed by atoms with E-state index in [0.29, 0.717) is 11.6 Å². The zero-order valence-corrected chi connectivity index (χ0v) is 17.3. The van der Waals surface area contributed by atoms with Crippen LogP contribution in [0.3, 0.4) is 0 Å². The fourth-order valence-corrected chi connectivity index (χ4v) is 3.48. The van der Waals surface area contributed by atoms with Gasteiger partial charge >= 0.3 is 0 Å². The van der Waals surface area contributed by atoms with Crippen LogP contribution in [0.5, 0.6) is 0 Å². The molecule has 5 nitrogen and oxygen atoms in total. The lowest BCUT2D eigenvalue weighted by Crippen LogP contribution is -2.54. The van der Waals surface area contributed by atoms with E-state index in [2.05, 4.69) is 22.3 Å². The van der Waals surface area contributed by atoms with Gasteiger partial charge in [0.2, 0.25) is 0 Å². The van der Waals surface area contributed by atoms with Gasteiger partial charge in [-0.1, -0.05) is 71.7 Å². The number of aliphatic hydroxyl groups excluding tert-OH is 1. The van der Waals surface area contributed by atoms with Crippen LogP contribution in [-0.2, 0) is 11.3 Å². The molecular weight excluding hydrogens is 416 g/mol. The number of hydrogen-bond donors (Lipinski definition) is 3. The van der Waals surface area contributed by atoms with Crippen molar-refractivity contribution >= 4 is 29.1 Å². The summed E-state index contributed by atoms with van der Waals surface area (Å²) in [6.07, 6.45) is -1.21. The number of nitrogens with one attached hydrogen (secondary N) is 1. The van der Waals surface area contributed by atoms with Crippen molar-refractivity contribution in [2.24, 2.45) is 5.73 Å². The van der Waals surface area contributed by atoms with E-state index < -0.39 is 29.6 Å². The molecule has 3 rings (SSSR count). The topological polar surface area (TPSA) is 78.6 Å². The number of likely N-dealkylation sites (tertiary alicyclic amines) is 1. The quantitative estimate of drug-likeness (QED) is 0.552. The number of aliphatic hydroxyl groups is 1. The Morgan fingerprint density at radius 1 is 1.14 bits per heavy atom. The van der Waals surface area contributed by atoms with Gasteiger partial charge in [0.05, 0.1) is 6.04 Å². The Morgan fingerprint density at radius 2 is 1.69 bits per heavy atom. The monoisotopic (exact) mass is 439 g/mol. The molecule has 4 N–H and O–H groups in total. The Balaban J connectivity index is 1.63. The molecule has 2 aromatic rings. The van der Waals surface area contributed by atoms with Crippen molar-refractivity contribution < 1.29 is 14.3 Å². The summed E-state index contributed by atoms with van der Waals surface area (Å²) in [5.74, 6) is -0.744. The number of amides is 1. The summed E-state index contributed by atoms with van der Waals surface area (Å²) in [7, 11) is 0. The van der Waals surface area contributed by atoms with Crippen molar-refractivity contribution in [1.82, 2.24) is 10.2 Å². The normalized spacial score (nSPS) is 17.0. The molecular formula is C21H24Cl2FN3O2. The van der Waals surface area contributed by atoms with E-state index in [9.17, 15) is 14.3 Å². The number of halogens is 3. The zero-order valence-electron chi connectivity index (χ0n) is 15.8. The molecule has 0 aliphatic carbocycles. The number of alkyl halides is 3. The highest BCUT2D eigenvalue weighted by Crippen LogP contribution is 2.25. The van der Waals surface area contributed by atoms with Gasteiger partial charge in [0.1, 0.15) is 12.8 Å². The van der Waals surface area contributed by atoms with Gasteiger partial charge in [0.25, 0.3) is 5.91 Å². The molecule has 1 aliphatic rings. The van der Waals surface area contributed by atoms with Gasteiger partial charge in [-0.2, -0.15) is 0 Å². The fraction of sp³-hybridized carbons (Fsp3) is 0.381. The van der Waals surface area contributed by atoms with Gasteiger partial charge in [0, 0.05) is 25.7 Å². The van der Waals surface area contributed by atoms with Crippen LogP contribution < -0.4 is 11.1 Å². The highest BCUT2D eigenvalue weighted by molar-refractivity contribution is 6.53. The highest BCUT2D eigenvalue weighted by Gasteiger charge is 2.25. The SMILES string of the molecule is NC1CN(Cc2ccc(-c3ccc([C@H](O)[C@@H](CF)NC(=O)C(Cl)Cl)cc3)cc2)C1. The Hall–Kier alpha value is -1.70. The van der Waals surface area contributed by atoms with Gasteiger partial charge < -0.3 is 16.2 Å². The van der Waals surface area contributed by atoms with Crippen LogP contribution in [0.2, 0.25) is 0 Å². The maximum Gasteiger partial charge on any atom is 0.253 e. The molecule has 1 saturated heterocycles. The summed E-state index contributed by atoms with van der Waals surface area (Å²) in [5.41, 5.74) is 9.54. The predicted octanol–water partition coefficient (Wildman–Crippen LogP) is 2.79. The Morgan fingerprint density at radius 3 is 2.17 bits per heavy atom. The lowest BCUT2D eigenvalue weighted by Gasteiger charge is -2.36. The maximum atomic E-state index is 13.3. The van der Waals surface area contributed by atoms with Crippen LogP contribution in [0.15, 0.2) is 48.5 Å². The maximum absolute atomic E-state index is 13.3. The van der Waals surface area contributed by atoms with E-state index in [0.717, 1.165) is 30.8 Å². The first-order valence-corrected chi connectivity index (χ1v) is 10.2. The second-order valence-electron chi connectivity index (χ2n) is 7.29. The van der Waals surface area contributed by atoms with E-state index in [1.54, 1.807) is 12.1 Å². The first kappa shape index (κ1) is 22.0. The van der Waals surface area contributed by atoms with Crippen molar-refractivity contribution in [3.05, 3.63) is 59.7 Å². The standard InChI is InChI=1S/C21H24Cl2FN3O2/c22-20(23)21(29)26-18(9-24)19(28)16-7-5-15(6-8-16)14-3-1-13(2-4-14)10-27-11-17(25)12-27/h1-8,17-20,28H,9-12,25H2,(H,26,29)/t18-,19+/m1/s1. The molecule has 8 heteroatoms. The summed E-state index contributed by atoms with van der Waals surface area (Å²) in [4.78, 5) is 12.5. The second kappa shape index (κ2) is 9.87. The number of rotatable bonds is 8. The average Bonchev–Trinajstić information content (AvgIpc) is 2.70. The number of benzene rings is 2. The largest absolute Gasteiger partial charge is 0.386 e. The lowest BCUT2D eigenvalue weighted by atomic mass is 9.98. The molecule has 1 fully saturated rings. The summed E-state index contributed by atoms with van der Waals surface area (Å²) < 4.78 is 13.3. The van der Waals surface area contributed by atoms with Crippen molar-refractivity contribution in [3.8, 4) is 11.1 Å². The summed E-state index contributed by atoms with van der Waals surface area (Å²) in [6.45, 7) is 1.81. The van der Waals surface area contributed by atoms with Crippen LogP contribution in [0.25, 0.3) is 11.1 Å². The van der Waals surface area contributed by atoms with Gasteiger partial charge in [-0.3, -0.25) is 9.69 Å². The van der Waals surface area contributed by atoms with Crippen LogP contribution in [-0.4, -0.2) is 52.6 Å². The summed E-state index contributed by atoms with van der Waals surface area (Å²) in [5, 5.41) is 12.7. The number of carbonyl (C=O) groups excluding carboxylic acids is 1. The number of nitrogens with zero attached hydrogens (tertiary/aromatic N) is 1. The van der Waals surface area contributed by atoms with E-state index in [-0.39, 0.29) is 0 Å². The van der Waals surface area contributed by atoms with Crippen molar-refractivity contribution in [3.63, 3.8) is 0 Å². The third kappa shape index (κ3) is 5.68. The summed E-state index contributed by atoms with van der Waals surface area (Å²) in [6, 6.07) is 14.6. The molecule has 2 aromatic carbocycles. The van der Waals surface area contributed by atoms with Crippen LogP contribution in [0, 0.1) is 0 Å². The molecule has 1 amide bonds. The Kier molecular flexibility index (Phi) is 7.49. The third-order valence-electron chi connectivity index (χ3n) is 5.00. The number of hydrogen-bond acceptors (Lipinski definition) is 4. The van der Waals surface area contributed by atoms with Crippen LogP contribution >= 0.6 is 23.2 Å². The van der Waals surface area contributed by atoms with Crippen molar-refractivity contribution in [2.45, 2.75) is 29.6 Å². The average molecular weight is 440 g/mol. The summed E-state index contributed by atoms with van der Waals surface area (Å²) >= 11 is 10.9. The first-order chi connectivity index (χ1) is 13.9. The van der Waals surface area contributed by atoms with E-state index >= 15 is 0 Å². The minimum atomic E-state index is -1.32. The number of nitrogens with two attached hydrogens (primary N) is 1. The molecule has 0 saturated carbocycles. The zero-order chi connectivity index (χ0) is 21.0. The molecule has 1 aliphatic heterocycles. The predicted molar refractivity (Wildman–Crippen MR) is 113 cm³/mol. The fourth-order valence-electron chi connectivity index (χ4n) is 3.35. The molecule has 29 heavy (non-hydrogen) atoms. The van der Waals surface area contributed by atoms with Gasteiger partial charge in [-0.25, -0.2) is 4.39 Å². The number of carbonyl (C=O) groups is 1. The molecule has 0 bridgehead atoms. The van der Waals surface area contributed by atoms with Gasteiger partial charge in [0.15, 0.2) is 4.84 Å². The molecule has 0 radical (unpaired) electrons. The smallest absolute Gasteiger partial charge is 0.253 e. The molecule has 0 unspecified atom stereocenters. The highest BCUT2D eigenvalue weighted by atomic mass is 35.5. The van der Waals surface area contributed by atoms with Crippen molar-refractivity contribution in [1.29, 1.82) is 0 Å². The lowest BCUT2D eigenvalue weighted by molar-refractivity contribution is -0.121. The molecule has 2 atom stereocenters. The van der Waals surface area contributed by atoms with Crippen LogP contribution in [0.4, 0.5) is 4.39 Å². The minimum Gasteiger partial charge on any atom is -0.386 e. The van der Waals surface area contributed by atoms with E-state index in [4.69, 9.17) is 28.9 Å².